The fourth-order valence-corrected chi connectivity index (χ4v) is 5.38. The van der Waals surface area contributed by atoms with Gasteiger partial charge in [-0.1, -0.05) is 29.8 Å². The van der Waals surface area contributed by atoms with Gasteiger partial charge in [0.15, 0.2) is 5.60 Å². The third kappa shape index (κ3) is 4.99. The van der Waals surface area contributed by atoms with Crippen LogP contribution in [0.5, 0.6) is 5.75 Å². The normalized spacial score (nSPS) is 13.8. The van der Waals surface area contributed by atoms with E-state index in [4.69, 9.17) is 16.3 Å². The van der Waals surface area contributed by atoms with Crippen LogP contribution in [0, 0.1) is 0 Å². The Morgan fingerprint density at radius 2 is 1.67 bits per heavy atom. The van der Waals surface area contributed by atoms with Crippen molar-refractivity contribution in [2.75, 3.05) is 16.2 Å². The summed E-state index contributed by atoms with van der Waals surface area (Å²) in [6, 6.07) is 20.5. The number of halogens is 1. The summed E-state index contributed by atoms with van der Waals surface area (Å²) >= 11 is 5.89. The molecule has 1 aliphatic heterocycles. The molecule has 0 aliphatic carbocycles. The van der Waals surface area contributed by atoms with Gasteiger partial charge in [0.1, 0.15) is 5.75 Å². The number of nitrogens with one attached hydrogen (secondary N) is 1. The number of hydrogen-bond acceptors (Lipinski definition) is 4. The molecule has 1 heterocycles. The summed E-state index contributed by atoms with van der Waals surface area (Å²) < 4.78 is 33.8. The van der Waals surface area contributed by atoms with E-state index in [1.165, 1.54) is 16.4 Å². The molecule has 33 heavy (non-hydrogen) atoms. The molecule has 1 aliphatic rings. The number of carbonyl (C=O) groups excluding carboxylic acids is 1. The van der Waals surface area contributed by atoms with Gasteiger partial charge in [0.25, 0.3) is 15.9 Å². The highest BCUT2D eigenvalue weighted by atomic mass is 35.5. The maximum atomic E-state index is 13.3. The van der Waals surface area contributed by atoms with Crippen molar-refractivity contribution in [3.05, 3.63) is 83.4 Å². The van der Waals surface area contributed by atoms with E-state index in [2.05, 4.69) is 5.32 Å². The van der Waals surface area contributed by atoms with Crippen LogP contribution in [0.15, 0.2) is 77.7 Å². The van der Waals surface area contributed by atoms with Crippen molar-refractivity contribution in [1.29, 1.82) is 0 Å². The van der Waals surface area contributed by atoms with Crippen LogP contribution in [0.3, 0.4) is 0 Å². The fourth-order valence-electron chi connectivity index (χ4n) is 3.71. The monoisotopic (exact) mass is 484 g/mol. The van der Waals surface area contributed by atoms with E-state index in [0.717, 1.165) is 24.1 Å². The molecule has 0 saturated carbocycles. The van der Waals surface area contributed by atoms with Crippen LogP contribution in [0.4, 0.5) is 11.4 Å². The first-order chi connectivity index (χ1) is 15.7. The van der Waals surface area contributed by atoms with Crippen molar-refractivity contribution >= 4 is 38.9 Å². The fraction of sp³-hybridized carbons (Fsp3) is 0.240. The summed E-state index contributed by atoms with van der Waals surface area (Å²) in [6.45, 7) is 3.75. The van der Waals surface area contributed by atoms with Crippen LogP contribution in [0.1, 0.15) is 25.8 Å². The highest BCUT2D eigenvalue weighted by Gasteiger charge is 2.31. The maximum absolute atomic E-state index is 13.3. The Morgan fingerprint density at radius 1 is 1.00 bits per heavy atom. The lowest BCUT2D eigenvalue weighted by Gasteiger charge is -2.30. The zero-order valence-corrected chi connectivity index (χ0v) is 20.0. The first-order valence-electron chi connectivity index (χ1n) is 10.6. The predicted molar refractivity (Wildman–Crippen MR) is 131 cm³/mol. The Kier molecular flexibility index (Phi) is 6.36. The molecule has 0 fully saturated rings. The van der Waals surface area contributed by atoms with Crippen molar-refractivity contribution < 1.29 is 17.9 Å². The van der Waals surface area contributed by atoms with E-state index in [1.807, 2.05) is 24.3 Å². The number of rotatable bonds is 6. The number of hydrogen-bond donors (Lipinski definition) is 1. The van der Waals surface area contributed by atoms with Gasteiger partial charge in [-0.3, -0.25) is 9.10 Å². The topological polar surface area (TPSA) is 75.7 Å². The molecular formula is C25H25ClN2O4S. The molecule has 0 aromatic heterocycles. The van der Waals surface area contributed by atoms with Gasteiger partial charge in [-0.05, 0) is 86.8 Å². The molecule has 0 radical (unpaired) electrons. The second-order valence-electron chi connectivity index (χ2n) is 8.35. The first kappa shape index (κ1) is 23.1. The van der Waals surface area contributed by atoms with Crippen LogP contribution < -0.4 is 14.4 Å². The van der Waals surface area contributed by atoms with E-state index in [-0.39, 0.29) is 10.8 Å². The average Bonchev–Trinajstić information content (AvgIpc) is 2.80. The van der Waals surface area contributed by atoms with Gasteiger partial charge in [-0.15, -0.1) is 0 Å². The van der Waals surface area contributed by atoms with Crippen molar-refractivity contribution in [2.24, 2.45) is 0 Å². The highest BCUT2D eigenvalue weighted by molar-refractivity contribution is 7.92. The number of para-hydroxylation sites is 1. The zero-order chi connectivity index (χ0) is 23.6. The third-order valence-electron chi connectivity index (χ3n) is 5.50. The average molecular weight is 485 g/mol. The number of anilines is 2. The van der Waals surface area contributed by atoms with Crippen LogP contribution in [0.25, 0.3) is 0 Å². The Hall–Kier alpha value is -3.03. The van der Waals surface area contributed by atoms with E-state index in [1.54, 1.807) is 50.2 Å². The second-order valence-corrected chi connectivity index (χ2v) is 10.7. The number of fused-ring (bicyclic) bond motifs is 1. The molecule has 6 nitrogen and oxygen atoms in total. The lowest BCUT2D eigenvalue weighted by atomic mass is 10.0. The van der Waals surface area contributed by atoms with Gasteiger partial charge < -0.3 is 10.1 Å². The minimum atomic E-state index is -3.71. The minimum Gasteiger partial charge on any atom is -0.478 e. The predicted octanol–water partition coefficient (Wildman–Crippen LogP) is 5.28. The molecule has 172 valence electrons. The van der Waals surface area contributed by atoms with Crippen molar-refractivity contribution in [2.45, 2.75) is 37.2 Å². The summed E-state index contributed by atoms with van der Waals surface area (Å²) in [6.07, 6.45) is 1.63. The molecule has 4 rings (SSSR count). The maximum Gasteiger partial charge on any atom is 0.267 e. The highest BCUT2D eigenvalue weighted by Crippen LogP contribution is 2.32. The largest absolute Gasteiger partial charge is 0.478 e. The van der Waals surface area contributed by atoms with Crippen LogP contribution >= 0.6 is 11.6 Å². The van der Waals surface area contributed by atoms with Crippen LogP contribution in [0.2, 0.25) is 5.02 Å². The molecule has 0 spiro atoms. The van der Waals surface area contributed by atoms with Gasteiger partial charge in [-0.25, -0.2) is 8.42 Å². The van der Waals surface area contributed by atoms with Gasteiger partial charge >= 0.3 is 0 Å². The Bertz CT molecular complexity index is 1260. The lowest BCUT2D eigenvalue weighted by Crippen LogP contribution is -2.42. The number of nitrogens with zero attached hydrogens (tertiary/aromatic N) is 1. The third-order valence-corrected chi connectivity index (χ3v) is 7.58. The van der Waals surface area contributed by atoms with Gasteiger partial charge in [0.2, 0.25) is 0 Å². The van der Waals surface area contributed by atoms with Gasteiger partial charge in [-0.2, -0.15) is 0 Å². The summed E-state index contributed by atoms with van der Waals surface area (Å²) in [5.74, 6) is 0.154. The summed E-state index contributed by atoms with van der Waals surface area (Å²) in [4.78, 5) is 13.0. The van der Waals surface area contributed by atoms with E-state index in [0.29, 0.717) is 23.0 Å². The molecule has 3 aromatic carbocycles. The number of amides is 1. The molecule has 1 N–H and O–H groups in total. The number of aryl methyl sites for hydroxylation is 1. The minimum absolute atomic E-state index is 0.175. The molecule has 3 aromatic rings. The summed E-state index contributed by atoms with van der Waals surface area (Å²) in [5.41, 5.74) is 1.07. The molecule has 8 heteroatoms. The molecule has 1 amide bonds. The second kappa shape index (κ2) is 9.08. The Balaban J connectivity index is 1.48. The standard InChI is InChI=1S/C25H25ClN2O4S/c1-25(2,32-21-13-9-19(26)10-14-21)24(29)27-20-11-15-22(16-12-20)33(30,31)28-17-5-7-18-6-3-4-8-23(18)28/h3-4,6,8-16H,5,7,17H2,1-2H3,(H,27,29). The van der Waals surface area contributed by atoms with Crippen LogP contribution in [-0.4, -0.2) is 26.5 Å². The number of benzene rings is 3. The molecule has 0 unspecified atom stereocenters. The lowest BCUT2D eigenvalue weighted by molar-refractivity contribution is -0.128. The van der Waals surface area contributed by atoms with E-state index >= 15 is 0 Å². The Labute approximate surface area is 199 Å². The molecule has 0 atom stereocenters. The molecule has 0 bridgehead atoms. The summed E-state index contributed by atoms with van der Waals surface area (Å²) in [5, 5.41) is 3.37. The first-order valence-corrected chi connectivity index (χ1v) is 12.5. The molecule has 0 saturated heterocycles. The van der Waals surface area contributed by atoms with Gasteiger partial charge in [0.05, 0.1) is 10.6 Å². The van der Waals surface area contributed by atoms with Crippen molar-refractivity contribution in [1.82, 2.24) is 0 Å². The van der Waals surface area contributed by atoms with E-state index in [9.17, 15) is 13.2 Å². The van der Waals surface area contributed by atoms with Crippen molar-refractivity contribution in [3.8, 4) is 5.75 Å². The quantitative estimate of drug-likeness (QED) is 0.516. The van der Waals surface area contributed by atoms with Crippen molar-refractivity contribution in [3.63, 3.8) is 0 Å². The SMILES string of the molecule is CC(C)(Oc1ccc(Cl)cc1)C(=O)Nc1ccc(S(=O)(=O)N2CCCc3ccccc32)cc1. The smallest absolute Gasteiger partial charge is 0.267 e. The van der Waals surface area contributed by atoms with Crippen LogP contribution in [-0.2, 0) is 21.2 Å². The molecular weight excluding hydrogens is 460 g/mol. The zero-order valence-electron chi connectivity index (χ0n) is 18.4. The number of carbonyl (C=O) groups is 1. The number of sulfonamides is 1. The van der Waals surface area contributed by atoms with Gasteiger partial charge in [0, 0.05) is 17.3 Å². The Morgan fingerprint density at radius 3 is 2.36 bits per heavy atom. The summed E-state index contributed by atoms with van der Waals surface area (Å²) in [7, 11) is -3.71. The number of ether oxygens (including phenoxy) is 1. The van der Waals surface area contributed by atoms with E-state index < -0.39 is 15.6 Å².